The second-order valence-corrected chi connectivity index (χ2v) is 19.4. The van der Waals surface area contributed by atoms with Crippen molar-refractivity contribution >= 4 is 26.2 Å². The Hall–Kier alpha value is -1.67. The van der Waals surface area contributed by atoms with E-state index in [2.05, 4.69) is 54.6 Å². The van der Waals surface area contributed by atoms with Crippen LogP contribution in [0.5, 0.6) is 0 Å². The first kappa shape index (κ1) is 26.9. The van der Waals surface area contributed by atoms with Crippen LogP contribution in [-0.4, -0.2) is 50.1 Å². The van der Waals surface area contributed by atoms with Gasteiger partial charge >= 0.3 is 12.1 Å². The third-order valence-electron chi connectivity index (χ3n) is 11.3. The van der Waals surface area contributed by atoms with Crippen molar-refractivity contribution in [1.82, 2.24) is 0 Å². The van der Waals surface area contributed by atoms with Gasteiger partial charge in [0.2, 0.25) is 5.60 Å². The molecule has 1 heterocycles. The zero-order chi connectivity index (χ0) is 27.7. The highest BCUT2D eigenvalue weighted by atomic mass is 28.4. The average Bonchev–Trinajstić information content (AvgIpc) is 3.03. The van der Waals surface area contributed by atoms with Gasteiger partial charge < -0.3 is 18.6 Å². The van der Waals surface area contributed by atoms with E-state index in [4.69, 9.17) is 18.6 Å². The third kappa shape index (κ3) is 3.23. The maximum Gasteiger partial charge on any atom is 0.509 e. The van der Waals surface area contributed by atoms with Gasteiger partial charge in [-0.05, 0) is 60.2 Å². The molecule has 4 aliphatic carbocycles. The summed E-state index contributed by atoms with van der Waals surface area (Å²) >= 11 is 0. The predicted octanol–water partition coefficient (Wildman–Crippen LogP) is 5.68. The van der Waals surface area contributed by atoms with Crippen LogP contribution in [0, 0.1) is 40.4 Å². The van der Waals surface area contributed by atoms with Crippen molar-refractivity contribution in [2.24, 2.45) is 40.4 Å². The Balaban J connectivity index is 1.77. The average molecular weight is 533 g/mol. The topological polar surface area (TPSA) is 88.1 Å². The molecule has 3 saturated carbocycles. The van der Waals surface area contributed by atoms with E-state index in [9.17, 15) is 9.59 Å². The van der Waals surface area contributed by atoms with E-state index < -0.39 is 49.8 Å². The summed E-state index contributed by atoms with van der Waals surface area (Å²) in [5.41, 5.74) is -1.84. The van der Waals surface area contributed by atoms with Gasteiger partial charge in [0.1, 0.15) is 0 Å². The predicted molar refractivity (Wildman–Crippen MR) is 140 cm³/mol. The molecule has 7 nitrogen and oxygen atoms in total. The smallest absolute Gasteiger partial charge is 0.454 e. The lowest BCUT2D eigenvalue weighted by Gasteiger charge is -2.47. The minimum atomic E-state index is -2.33. The van der Waals surface area contributed by atoms with E-state index in [1.807, 2.05) is 19.9 Å². The minimum absolute atomic E-state index is 0.0156. The van der Waals surface area contributed by atoms with Crippen molar-refractivity contribution < 1.29 is 33.0 Å². The number of Topliss-reactive ketones (excluding diaryl/α,β-unsaturated/α-hetero) is 1. The van der Waals surface area contributed by atoms with Gasteiger partial charge in [0, 0.05) is 18.8 Å². The SMILES string of the molecule is CC(=O)O[C@H]1C(C)=CC23C(=O)[C@@H]([C@H](O[Si](C)(C)C(C)(C)C)[C@H](C)[C@H]4OC(=O)OC412)[C@H]1[C@@H](C[C@H]3C)C1(C)C. The summed E-state index contributed by atoms with van der Waals surface area (Å²) in [5.74, 6) is -0.719. The van der Waals surface area contributed by atoms with Gasteiger partial charge in [-0.1, -0.05) is 54.5 Å². The summed E-state index contributed by atoms with van der Waals surface area (Å²) in [4.78, 5) is 40.5. The lowest BCUT2D eigenvalue weighted by molar-refractivity contribution is -0.181. The molecule has 0 aromatic carbocycles. The number of ketones is 1. The quantitative estimate of drug-likeness (QED) is 0.263. The first-order valence-corrected chi connectivity index (χ1v) is 16.7. The Morgan fingerprint density at radius 3 is 2.35 bits per heavy atom. The lowest BCUT2D eigenvalue weighted by atomic mass is 9.59. The molecule has 1 saturated heterocycles. The van der Waals surface area contributed by atoms with E-state index in [0.717, 1.165) is 12.0 Å². The maximum absolute atomic E-state index is 15.2. The fourth-order valence-electron chi connectivity index (χ4n) is 8.42. The van der Waals surface area contributed by atoms with E-state index in [-0.39, 0.29) is 39.9 Å². The molecule has 206 valence electrons. The molecule has 0 radical (unpaired) electrons. The molecule has 2 unspecified atom stereocenters. The number of ether oxygens (including phenoxy) is 3. The van der Waals surface area contributed by atoms with Crippen molar-refractivity contribution in [3.8, 4) is 0 Å². The summed E-state index contributed by atoms with van der Waals surface area (Å²) < 4.78 is 25.2. The zero-order valence-electron chi connectivity index (χ0n) is 24.3. The van der Waals surface area contributed by atoms with Crippen molar-refractivity contribution in [3.05, 3.63) is 11.6 Å². The number of carbonyl (C=O) groups is 3. The van der Waals surface area contributed by atoms with Crippen LogP contribution in [-0.2, 0) is 28.2 Å². The highest BCUT2D eigenvalue weighted by Gasteiger charge is 2.83. The second-order valence-electron chi connectivity index (χ2n) is 14.6. The summed E-state index contributed by atoms with van der Waals surface area (Å²) in [6.45, 7) is 22.9. The molecule has 0 aromatic heterocycles. The Morgan fingerprint density at radius 2 is 1.78 bits per heavy atom. The van der Waals surface area contributed by atoms with Gasteiger partial charge in [-0.15, -0.1) is 0 Å². The summed E-state index contributed by atoms with van der Waals surface area (Å²) in [6.07, 6.45) is -0.125. The number of esters is 1. The van der Waals surface area contributed by atoms with Crippen LogP contribution in [0.15, 0.2) is 11.6 Å². The molecule has 2 bridgehead atoms. The molecule has 5 rings (SSSR count). The highest BCUT2D eigenvalue weighted by molar-refractivity contribution is 6.74. The molecular weight excluding hydrogens is 488 g/mol. The van der Waals surface area contributed by atoms with E-state index >= 15 is 4.79 Å². The number of hydrogen-bond donors (Lipinski definition) is 0. The van der Waals surface area contributed by atoms with E-state index in [0.29, 0.717) is 5.92 Å². The van der Waals surface area contributed by atoms with Gasteiger partial charge in [-0.2, -0.15) is 0 Å². The molecule has 4 fully saturated rings. The van der Waals surface area contributed by atoms with Gasteiger partial charge in [0.05, 0.1) is 11.5 Å². The molecule has 0 amide bonds. The van der Waals surface area contributed by atoms with Gasteiger partial charge in [0.15, 0.2) is 26.3 Å². The number of rotatable bonds is 3. The zero-order valence-corrected chi connectivity index (χ0v) is 25.3. The largest absolute Gasteiger partial charge is 0.509 e. The lowest BCUT2D eigenvalue weighted by Crippen LogP contribution is -2.65. The molecule has 2 spiro atoms. The summed E-state index contributed by atoms with van der Waals surface area (Å²) in [5, 5.41) is -0.0660. The van der Waals surface area contributed by atoms with Crippen molar-refractivity contribution in [2.75, 3.05) is 0 Å². The third-order valence-corrected chi connectivity index (χ3v) is 15.8. The first-order valence-electron chi connectivity index (χ1n) is 13.8. The maximum atomic E-state index is 15.2. The van der Waals surface area contributed by atoms with Crippen LogP contribution < -0.4 is 0 Å². The molecule has 5 aliphatic rings. The minimum Gasteiger partial charge on any atom is -0.454 e. The molecule has 8 heteroatoms. The van der Waals surface area contributed by atoms with Crippen LogP contribution in [0.4, 0.5) is 4.79 Å². The Kier molecular flexibility index (Phi) is 5.61. The highest BCUT2D eigenvalue weighted by Crippen LogP contribution is 2.74. The van der Waals surface area contributed by atoms with Crippen molar-refractivity contribution in [2.45, 2.75) is 111 Å². The van der Waals surface area contributed by atoms with Crippen LogP contribution in [0.2, 0.25) is 18.1 Å². The molecule has 10 atom stereocenters. The molecular formula is C29H44O7Si. The van der Waals surface area contributed by atoms with Gasteiger partial charge in [0.25, 0.3) is 0 Å². The number of fused-ring (bicyclic) bond motifs is 3. The Bertz CT molecular complexity index is 1090. The van der Waals surface area contributed by atoms with Crippen molar-refractivity contribution in [1.29, 1.82) is 0 Å². The Labute approximate surface area is 222 Å². The van der Waals surface area contributed by atoms with Gasteiger partial charge in [-0.3, -0.25) is 9.59 Å². The van der Waals surface area contributed by atoms with Crippen LogP contribution >= 0.6 is 0 Å². The molecule has 37 heavy (non-hydrogen) atoms. The molecule has 0 N–H and O–H groups in total. The van der Waals surface area contributed by atoms with Gasteiger partial charge in [-0.25, -0.2) is 4.79 Å². The first-order chi connectivity index (χ1) is 16.8. The Morgan fingerprint density at radius 1 is 1.16 bits per heavy atom. The molecule has 0 aromatic rings. The van der Waals surface area contributed by atoms with Crippen molar-refractivity contribution in [3.63, 3.8) is 0 Å². The fourth-order valence-corrected chi connectivity index (χ4v) is 9.82. The monoisotopic (exact) mass is 532 g/mol. The second kappa shape index (κ2) is 7.71. The van der Waals surface area contributed by atoms with Crippen LogP contribution in [0.1, 0.15) is 68.7 Å². The fraction of sp³-hybridized carbons (Fsp3) is 0.828. The summed E-state index contributed by atoms with van der Waals surface area (Å²) in [6, 6.07) is 0. The normalized spacial score (nSPS) is 45.9. The van der Waals surface area contributed by atoms with E-state index in [1.54, 1.807) is 0 Å². The van der Waals surface area contributed by atoms with Crippen LogP contribution in [0.3, 0.4) is 0 Å². The number of carbonyl (C=O) groups excluding carboxylic acids is 3. The number of hydrogen-bond acceptors (Lipinski definition) is 7. The molecule has 1 aliphatic heterocycles. The standard InChI is InChI=1S/C29H44O7Si/c1-14-13-28-15(2)12-18-20(27(18,8)9)19(22(28)31)21(36-37(10,11)26(5,6)7)16(3)24-29(28,35-25(32)34-24)23(14)33-17(4)30/h13,15-16,18-21,23-24H,12H2,1-11H3/t15-,16+,18-,19-,20-,21-,23+,24-,28?,29?/m1/s1. The van der Waals surface area contributed by atoms with Crippen LogP contribution in [0.25, 0.3) is 0 Å². The summed E-state index contributed by atoms with van der Waals surface area (Å²) in [7, 11) is -2.33. The van der Waals surface area contributed by atoms with E-state index in [1.165, 1.54) is 6.92 Å².